The predicted octanol–water partition coefficient (Wildman–Crippen LogP) is 4.09. The normalized spacial score (nSPS) is 18.1. The SMILES string of the molecule is CCC(N)C(c1ccc(C)o1)N(Cc1ccsc1)C1CC1. The van der Waals surface area contributed by atoms with E-state index in [0.29, 0.717) is 6.04 Å². The lowest BCUT2D eigenvalue weighted by atomic mass is 10.0. The zero-order valence-corrected chi connectivity index (χ0v) is 13.6. The predicted molar refractivity (Wildman–Crippen MR) is 87.3 cm³/mol. The Labute approximate surface area is 130 Å². The van der Waals surface area contributed by atoms with Gasteiger partial charge in [-0.3, -0.25) is 4.90 Å². The molecule has 2 N–H and O–H groups in total. The van der Waals surface area contributed by atoms with Crippen LogP contribution in [0.5, 0.6) is 0 Å². The second-order valence-electron chi connectivity index (χ2n) is 6.00. The molecule has 21 heavy (non-hydrogen) atoms. The van der Waals surface area contributed by atoms with Crippen molar-refractivity contribution in [2.45, 2.75) is 57.8 Å². The third-order valence-corrected chi connectivity index (χ3v) is 4.98. The number of furan rings is 1. The molecule has 114 valence electrons. The van der Waals surface area contributed by atoms with E-state index in [1.54, 1.807) is 11.3 Å². The fourth-order valence-electron chi connectivity index (χ4n) is 2.91. The van der Waals surface area contributed by atoms with Crippen molar-refractivity contribution in [1.29, 1.82) is 0 Å². The van der Waals surface area contributed by atoms with Crippen molar-refractivity contribution < 1.29 is 4.42 Å². The maximum atomic E-state index is 6.45. The fraction of sp³-hybridized carbons (Fsp3) is 0.529. The Bertz CT molecular complexity index is 559. The minimum atomic E-state index is 0.106. The minimum absolute atomic E-state index is 0.106. The molecule has 4 heteroatoms. The van der Waals surface area contributed by atoms with E-state index in [0.717, 1.165) is 24.5 Å². The van der Waals surface area contributed by atoms with Crippen LogP contribution in [0.2, 0.25) is 0 Å². The van der Waals surface area contributed by atoms with Gasteiger partial charge in [0.25, 0.3) is 0 Å². The molecule has 0 aliphatic heterocycles. The van der Waals surface area contributed by atoms with Gasteiger partial charge in [0.15, 0.2) is 0 Å². The summed E-state index contributed by atoms with van der Waals surface area (Å²) < 4.78 is 5.93. The van der Waals surface area contributed by atoms with Crippen molar-refractivity contribution in [3.8, 4) is 0 Å². The van der Waals surface area contributed by atoms with Crippen LogP contribution in [0.4, 0.5) is 0 Å². The third kappa shape index (κ3) is 3.39. The monoisotopic (exact) mass is 304 g/mol. The molecule has 0 amide bonds. The van der Waals surface area contributed by atoms with Gasteiger partial charge >= 0.3 is 0 Å². The average Bonchev–Trinajstić information content (AvgIpc) is 3.03. The summed E-state index contributed by atoms with van der Waals surface area (Å²) in [6.07, 6.45) is 3.50. The van der Waals surface area contributed by atoms with E-state index < -0.39 is 0 Å². The Morgan fingerprint density at radius 3 is 2.71 bits per heavy atom. The first-order valence-corrected chi connectivity index (χ1v) is 8.72. The summed E-state index contributed by atoms with van der Waals surface area (Å²) in [5.41, 5.74) is 7.83. The minimum Gasteiger partial charge on any atom is -0.465 e. The van der Waals surface area contributed by atoms with Gasteiger partial charge in [-0.15, -0.1) is 0 Å². The van der Waals surface area contributed by atoms with Crippen molar-refractivity contribution >= 4 is 11.3 Å². The van der Waals surface area contributed by atoms with E-state index in [-0.39, 0.29) is 12.1 Å². The zero-order valence-electron chi connectivity index (χ0n) is 12.8. The number of nitrogens with zero attached hydrogens (tertiary/aromatic N) is 1. The number of thiophene rings is 1. The summed E-state index contributed by atoms with van der Waals surface area (Å²) in [6, 6.07) is 7.28. The number of rotatable bonds is 7. The van der Waals surface area contributed by atoms with Crippen molar-refractivity contribution in [2.75, 3.05) is 0 Å². The second-order valence-corrected chi connectivity index (χ2v) is 6.78. The molecule has 2 heterocycles. The lowest BCUT2D eigenvalue weighted by Gasteiger charge is -2.34. The molecule has 0 bridgehead atoms. The van der Waals surface area contributed by atoms with E-state index in [2.05, 4.69) is 34.7 Å². The molecule has 3 nitrogen and oxygen atoms in total. The molecule has 0 aromatic carbocycles. The van der Waals surface area contributed by atoms with Gasteiger partial charge in [0.1, 0.15) is 11.5 Å². The fourth-order valence-corrected chi connectivity index (χ4v) is 3.57. The highest BCUT2D eigenvalue weighted by Crippen LogP contribution is 2.38. The van der Waals surface area contributed by atoms with Crippen LogP contribution in [0.15, 0.2) is 33.4 Å². The van der Waals surface area contributed by atoms with Crippen LogP contribution in [0.3, 0.4) is 0 Å². The van der Waals surface area contributed by atoms with Gasteiger partial charge < -0.3 is 10.2 Å². The summed E-state index contributed by atoms with van der Waals surface area (Å²) in [7, 11) is 0. The maximum Gasteiger partial charge on any atom is 0.122 e. The Morgan fingerprint density at radius 1 is 1.38 bits per heavy atom. The van der Waals surface area contributed by atoms with Crippen molar-refractivity contribution in [2.24, 2.45) is 5.73 Å². The first-order chi connectivity index (χ1) is 10.2. The van der Waals surface area contributed by atoms with Crippen LogP contribution < -0.4 is 5.73 Å². The average molecular weight is 304 g/mol. The molecular formula is C17H24N2OS. The summed E-state index contributed by atoms with van der Waals surface area (Å²) in [4.78, 5) is 2.55. The van der Waals surface area contributed by atoms with Crippen LogP contribution in [-0.2, 0) is 6.54 Å². The van der Waals surface area contributed by atoms with Crippen LogP contribution in [0.25, 0.3) is 0 Å². The molecule has 3 rings (SSSR count). The van der Waals surface area contributed by atoms with Crippen LogP contribution in [-0.4, -0.2) is 17.0 Å². The molecule has 2 unspecified atom stereocenters. The van der Waals surface area contributed by atoms with Gasteiger partial charge in [-0.25, -0.2) is 0 Å². The number of hydrogen-bond acceptors (Lipinski definition) is 4. The molecule has 2 atom stereocenters. The Hall–Kier alpha value is -1.10. The second kappa shape index (κ2) is 6.34. The summed E-state index contributed by atoms with van der Waals surface area (Å²) >= 11 is 1.76. The van der Waals surface area contributed by atoms with E-state index in [4.69, 9.17) is 10.2 Å². The van der Waals surface area contributed by atoms with Gasteiger partial charge in [0.05, 0.1) is 6.04 Å². The molecular weight excluding hydrogens is 280 g/mol. The van der Waals surface area contributed by atoms with Crippen LogP contribution in [0, 0.1) is 6.92 Å². The van der Waals surface area contributed by atoms with E-state index in [1.807, 2.05) is 13.0 Å². The molecule has 0 spiro atoms. The Morgan fingerprint density at radius 2 is 2.19 bits per heavy atom. The first-order valence-electron chi connectivity index (χ1n) is 7.77. The molecule has 1 fully saturated rings. The molecule has 0 saturated heterocycles. The summed E-state index contributed by atoms with van der Waals surface area (Å²) in [5.74, 6) is 1.98. The van der Waals surface area contributed by atoms with Gasteiger partial charge in [0.2, 0.25) is 0 Å². The molecule has 1 aliphatic carbocycles. The zero-order chi connectivity index (χ0) is 14.8. The summed E-state index contributed by atoms with van der Waals surface area (Å²) in [6.45, 7) is 5.12. The standard InChI is InChI=1S/C17H24N2OS/c1-3-15(18)17(16-7-4-12(2)20-16)19(14-5-6-14)10-13-8-9-21-11-13/h4,7-9,11,14-15,17H,3,5-6,10,18H2,1-2H3. The van der Waals surface area contributed by atoms with Crippen molar-refractivity contribution in [3.63, 3.8) is 0 Å². The molecule has 1 saturated carbocycles. The quantitative estimate of drug-likeness (QED) is 0.837. The van der Waals surface area contributed by atoms with Gasteiger partial charge in [-0.2, -0.15) is 11.3 Å². The first kappa shape index (κ1) is 14.8. The van der Waals surface area contributed by atoms with Gasteiger partial charge in [-0.1, -0.05) is 6.92 Å². The van der Waals surface area contributed by atoms with Crippen LogP contribution in [0.1, 0.15) is 49.3 Å². The Kier molecular flexibility index (Phi) is 4.48. The highest BCUT2D eigenvalue weighted by Gasteiger charge is 2.38. The smallest absolute Gasteiger partial charge is 0.122 e. The lowest BCUT2D eigenvalue weighted by Crippen LogP contribution is -2.41. The molecule has 1 aliphatic rings. The van der Waals surface area contributed by atoms with E-state index in [1.165, 1.54) is 18.4 Å². The molecule has 0 radical (unpaired) electrons. The molecule has 2 aromatic rings. The van der Waals surface area contributed by atoms with E-state index in [9.17, 15) is 0 Å². The number of nitrogens with two attached hydrogens (primary N) is 1. The Balaban J connectivity index is 1.88. The van der Waals surface area contributed by atoms with Gasteiger partial charge in [-0.05, 0) is 60.7 Å². The maximum absolute atomic E-state index is 6.45. The largest absolute Gasteiger partial charge is 0.465 e. The van der Waals surface area contributed by atoms with Crippen LogP contribution >= 0.6 is 11.3 Å². The molecule has 2 aromatic heterocycles. The number of aryl methyl sites for hydroxylation is 1. The lowest BCUT2D eigenvalue weighted by molar-refractivity contribution is 0.130. The third-order valence-electron chi connectivity index (χ3n) is 4.25. The van der Waals surface area contributed by atoms with Gasteiger partial charge in [0, 0.05) is 18.6 Å². The topological polar surface area (TPSA) is 42.4 Å². The van der Waals surface area contributed by atoms with E-state index >= 15 is 0 Å². The van der Waals surface area contributed by atoms with Crippen molar-refractivity contribution in [3.05, 3.63) is 46.0 Å². The highest BCUT2D eigenvalue weighted by atomic mass is 32.1. The van der Waals surface area contributed by atoms with Crippen molar-refractivity contribution in [1.82, 2.24) is 4.90 Å². The highest BCUT2D eigenvalue weighted by molar-refractivity contribution is 7.07. The number of hydrogen-bond donors (Lipinski definition) is 1. The summed E-state index contributed by atoms with van der Waals surface area (Å²) in [5, 5.41) is 4.38.